The van der Waals surface area contributed by atoms with Crippen molar-refractivity contribution < 1.29 is 19.5 Å². The lowest BCUT2D eigenvalue weighted by atomic mass is 10.2. The number of rotatable bonds is 6. The van der Waals surface area contributed by atoms with Crippen LogP contribution in [-0.2, 0) is 20.9 Å². The quantitative estimate of drug-likeness (QED) is 0.653. The minimum absolute atomic E-state index is 0.225. The lowest BCUT2D eigenvalue weighted by Gasteiger charge is -2.15. The number of aromatic nitrogens is 1. The first-order chi connectivity index (χ1) is 8.99. The highest BCUT2D eigenvalue weighted by Crippen LogP contribution is 1.97. The summed E-state index contributed by atoms with van der Waals surface area (Å²) in [5.41, 5.74) is 0.785. The van der Waals surface area contributed by atoms with Gasteiger partial charge in [0.15, 0.2) is 0 Å². The molecule has 0 radical (unpaired) electrons. The molecule has 0 bridgehead atoms. The molecule has 2 amide bonds. The first-order valence-corrected chi connectivity index (χ1v) is 5.64. The van der Waals surface area contributed by atoms with Crippen molar-refractivity contribution >= 4 is 17.8 Å². The highest BCUT2D eigenvalue weighted by atomic mass is 16.4. The standard InChI is InChI=1S/C12H15N3O4/c1-8(16)15-10(5-11(17)18)12(19)14-7-9-3-2-4-13-6-9/h2-4,6,10H,5,7H2,1H3,(H,14,19)(H,15,16)(H,17,18)/t10-/m0/s1. The van der Waals surface area contributed by atoms with E-state index in [9.17, 15) is 14.4 Å². The summed E-state index contributed by atoms with van der Waals surface area (Å²) in [7, 11) is 0. The topological polar surface area (TPSA) is 108 Å². The normalized spacial score (nSPS) is 11.4. The molecule has 0 aliphatic carbocycles. The number of hydrogen-bond donors (Lipinski definition) is 3. The van der Waals surface area contributed by atoms with E-state index in [1.807, 2.05) is 0 Å². The Kier molecular flexibility index (Phi) is 5.46. The van der Waals surface area contributed by atoms with Crippen LogP contribution in [0.3, 0.4) is 0 Å². The second-order valence-corrected chi connectivity index (χ2v) is 3.93. The maximum Gasteiger partial charge on any atom is 0.305 e. The van der Waals surface area contributed by atoms with Crippen LogP contribution >= 0.6 is 0 Å². The summed E-state index contributed by atoms with van der Waals surface area (Å²) in [5.74, 6) is -2.15. The van der Waals surface area contributed by atoms with E-state index in [-0.39, 0.29) is 6.54 Å². The molecule has 0 fully saturated rings. The van der Waals surface area contributed by atoms with Gasteiger partial charge in [0.25, 0.3) is 0 Å². The van der Waals surface area contributed by atoms with E-state index in [2.05, 4.69) is 15.6 Å². The molecule has 1 heterocycles. The summed E-state index contributed by atoms with van der Waals surface area (Å²) in [6.45, 7) is 1.45. The number of pyridine rings is 1. The fraction of sp³-hybridized carbons (Fsp3) is 0.333. The van der Waals surface area contributed by atoms with Crippen LogP contribution in [0.5, 0.6) is 0 Å². The van der Waals surface area contributed by atoms with Gasteiger partial charge in [-0.3, -0.25) is 19.4 Å². The van der Waals surface area contributed by atoms with Crippen LogP contribution in [0.15, 0.2) is 24.5 Å². The van der Waals surface area contributed by atoms with Crippen LogP contribution < -0.4 is 10.6 Å². The van der Waals surface area contributed by atoms with Crippen LogP contribution in [0, 0.1) is 0 Å². The molecule has 3 N–H and O–H groups in total. The van der Waals surface area contributed by atoms with Gasteiger partial charge < -0.3 is 15.7 Å². The fourth-order valence-corrected chi connectivity index (χ4v) is 1.44. The van der Waals surface area contributed by atoms with Crippen LogP contribution in [0.2, 0.25) is 0 Å². The number of nitrogens with one attached hydrogen (secondary N) is 2. The third kappa shape index (κ3) is 5.62. The minimum Gasteiger partial charge on any atom is -0.481 e. The number of carboxylic acid groups (broad SMARTS) is 1. The van der Waals surface area contributed by atoms with Gasteiger partial charge in [-0.25, -0.2) is 0 Å². The lowest BCUT2D eigenvalue weighted by Crippen LogP contribution is -2.46. The minimum atomic E-state index is -1.16. The van der Waals surface area contributed by atoms with Crippen molar-refractivity contribution in [3.05, 3.63) is 30.1 Å². The van der Waals surface area contributed by atoms with E-state index in [0.29, 0.717) is 0 Å². The van der Waals surface area contributed by atoms with Gasteiger partial charge in [0.1, 0.15) is 6.04 Å². The van der Waals surface area contributed by atoms with E-state index in [1.165, 1.54) is 6.92 Å². The summed E-state index contributed by atoms with van der Waals surface area (Å²) >= 11 is 0. The fourth-order valence-electron chi connectivity index (χ4n) is 1.44. The van der Waals surface area contributed by atoms with Crippen molar-refractivity contribution in [2.24, 2.45) is 0 Å². The highest BCUT2D eigenvalue weighted by Gasteiger charge is 2.22. The van der Waals surface area contributed by atoms with Gasteiger partial charge >= 0.3 is 5.97 Å². The van der Waals surface area contributed by atoms with Crippen LogP contribution in [-0.4, -0.2) is 33.9 Å². The van der Waals surface area contributed by atoms with Gasteiger partial charge in [-0.15, -0.1) is 0 Å². The van der Waals surface area contributed by atoms with Gasteiger partial charge in [-0.1, -0.05) is 6.07 Å². The lowest BCUT2D eigenvalue weighted by molar-refractivity contribution is -0.140. The van der Waals surface area contributed by atoms with Crippen molar-refractivity contribution in [1.82, 2.24) is 15.6 Å². The Morgan fingerprint density at radius 1 is 1.42 bits per heavy atom. The molecule has 0 aliphatic heterocycles. The van der Waals surface area contributed by atoms with Gasteiger partial charge in [0, 0.05) is 25.9 Å². The highest BCUT2D eigenvalue weighted by molar-refractivity contribution is 5.90. The molecule has 1 rings (SSSR count). The van der Waals surface area contributed by atoms with Crippen LogP contribution in [0.25, 0.3) is 0 Å². The van der Waals surface area contributed by atoms with Crippen molar-refractivity contribution in [1.29, 1.82) is 0 Å². The van der Waals surface area contributed by atoms with Crippen molar-refractivity contribution in [2.45, 2.75) is 25.9 Å². The summed E-state index contributed by atoms with van der Waals surface area (Å²) < 4.78 is 0. The number of carboxylic acids is 1. The third-order valence-electron chi connectivity index (χ3n) is 2.26. The summed E-state index contributed by atoms with van der Waals surface area (Å²) in [4.78, 5) is 37.2. The molecule has 0 unspecified atom stereocenters. The molecule has 1 atom stereocenters. The molecule has 7 nitrogen and oxygen atoms in total. The maximum atomic E-state index is 11.8. The van der Waals surface area contributed by atoms with E-state index in [0.717, 1.165) is 5.56 Å². The number of carbonyl (C=O) groups is 3. The van der Waals surface area contributed by atoms with Gasteiger partial charge in [-0.2, -0.15) is 0 Å². The molecule has 1 aromatic rings. The molecule has 19 heavy (non-hydrogen) atoms. The molecule has 7 heteroatoms. The molecule has 0 aromatic carbocycles. The maximum absolute atomic E-state index is 11.8. The van der Waals surface area contributed by atoms with Crippen LogP contribution in [0.4, 0.5) is 0 Å². The van der Waals surface area contributed by atoms with Gasteiger partial charge in [-0.05, 0) is 11.6 Å². The smallest absolute Gasteiger partial charge is 0.305 e. The molecule has 0 spiro atoms. The second-order valence-electron chi connectivity index (χ2n) is 3.93. The number of aliphatic carboxylic acids is 1. The Hall–Kier alpha value is -2.44. The van der Waals surface area contributed by atoms with E-state index >= 15 is 0 Å². The third-order valence-corrected chi connectivity index (χ3v) is 2.26. The molecule has 0 aliphatic rings. The first-order valence-electron chi connectivity index (χ1n) is 5.64. The Balaban J connectivity index is 2.56. The van der Waals surface area contributed by atoms with E-state index in [1.54, 1.807) is 24.5 Å². The molecular formula is C12H15N3O4. The SMILES string of the molecule is CC(=O)N[C@@H](CC(=O)O)C(=O)NCc1cccnc1. The Labute approximate surface area is 110 Å². The average Bonchev–Trinajstić information content (AvgIpc) is 2.35. The molecule has 0 saturated heterocycles. The van der Waals surface area contributed by atoms with E-state index < -0.39 is 30.2 Å². The van der Waals surface area contributed by atoms with Gasteiger partial charge in [0.05, 0.1) is 6.42 Å². The molecule has 0 saturated carbocycles. The van der Waals surface area contributed by atoms with Crippen molar-refractivity contribution in [2.75, 3.05) is 0 Å². The number of carbonyl (C=O) groups excluding carboxylic acids is 2. The Morgan fingerprint density at radius 3 is 2.68 bits per heavy atom. The number of hydrogen-bond acceptors (Lipinski definition) is 4. The predicted octanol–water partition coefficient (Wildman–Crippen LogP) is -0.323. The zero-order chi connectivity index (χ0) is 14.3. The summed E-state index contributed by atoms with van der Waals surface area (Å²) in [6.07, 6.45) is 2.74. The largest absolute Gasteiger partial charge is 0.481 e. The summed E-state index contributed by atoms with van der Waals surface area (Å²) in [6, 6.07) is 2.42. The molecule has 1 aromatic heterocycles. The summed E-state index contributed by atoms with van der Waals surface area (Å²) in [5, 5.41) is 13.5. The van der Waals surface area contributed by atoms with Crippen molar-refractivity contribution in [3.63, 3.8) is 0 Å². The predicted molar refractivity (Wildman–Crippen MR) is 65.9 cm³/mol. The monoisotopic (exact) mass is 265 g/mol. The molecule has 102 valence electrons. The van der Waals surface area contributed by atoms with Crippen molar-refractivity contribution in [3.8, 4) is 0 Å². The van der Waals surface area contributed by atoms with Crippen LogP contribution in [0.1, 0.15) is 18.9 Å². The molecular weight excluding hydrogens is 250 g/mol. The Morgan fingerprint density at radius 2 is 2.16 bits per heavy atom. The number of amides is 2. The second kappa shape index (κ2) is 7.10. The van der Waals surface area contributed by atoms with E-state index in [4.69, 9.17) is 5.11 Å². The Bertz CT molecular complexity index is 445. The number of nitrogens with zero attached hydrogens (tertiary/aromatic N) is 1. The zero-order valence-electron chi connectivity index (χ0n) is 10.4. The average molecular weight is 265 g/mol. The van der Waals surface area contributed by atoms with Gasteiger partial charge in [0.2, 0.25) is 11.8 Å². The zero-order valence-corrected chi connectivity index (χ0v) is 10.4. The first kappa shape index (κ1) is 14.6.